The minimum atomic E-state index is -3.46. The van der Waals surface area contributed by atoms with Crippen molar-refractivity contribution < 1.29 is 13.2 Å². The Kier molecular flexibility index (Phi) is 5.69. The van der Waals surface area contributed by atoms with Gasteiger partial charge in [0.25, 0.3) is 0 Å². The smallest absolute Gasteiger partial charge is 0.240 e. The van der Waals surface area contributed by atoms with E-state index in [2.05, 4.69) is 4.72 Å². The Morgan fingerprint density at radius 2 is 1.83 bits per heavy atom. The van der Waals surface area contributed by atoms with Crippen molar-refractivity contribution in [3.63, 3.8) is 0 Å². The van der Waals surface area contributed by atoms with Crippen molar-refractivity contribution in [3.05, 3.63) is 36.4 Å². The van der Waals surface area contributed by atoms with E-state index in [0.717, 1.165) is 22.3 Å². The molecule has 0 heterocycles. The number of sulfonamides is 1. The number of rotatable bonds is 7. The third-order valence-electron chi connectivity index (χ3n) is 4.38. The first-order valence-corrected chi connectivity index (χ1v) is 10.8. The van der Waals surface area contributed by atoms with E-state index in [9.17, 15) is 8.42 Å². The normalized spacial score (nSPS) is 15.9. The van der Waals surface area contributed by atoms with Crippen molar-refractivity contribution in [2.45, 2.75) is 35.8 Å². The highest BCUT2D eigenvalue weighted by Gasteiger charge is 2.17. The number of methoxy groups -OCH3 is 1. The molecule has 0 bridgehead atoms. The maximum Gasteiger partial charge on any atom is 0.240 e. The van der Waals surface area contributed by atoms with Gasteiger partial charge in [-0.3, -0.25) is 0 Å². The number of hydrogen-bond acceptors (Lipinski definition) is 4. The van der Waals surface area contributed by atoms with Crippen molar-refractivity contribution in [1.29, 1.82) is 0 Å². The van der Waals surface area contributed by atoms with Crippen LogP contribution in [0, 0.1) is 0 Å². The fraction of sp³-hybridized carbons (Fsp3) is 0.444. The molecule has 24 heavy (non-hydrogen) atoms. The first-order valence-electron chi connectivity index (χ1n) is 8.27. The highest BCUT2D eigenvalue weighted by molar-refractivity contribution is 8.00. The molecule has 0 aromatic heterocycles. The maximum absolute atomic E-state index is 12.5. The lowest BCUT2D eigenvalue weighted by Crippen LogP contribution is -2.26. The van der Waals surface area contributed by atoms with Gasteiger partial charge >= 0.3 is 0 Å². The summed E-state index contributed by atoms with van der Waals surface area (Å²) in [6.07, 6.45) is 5.16. The van der Waals surface area contributed by atoms with E-state index in [4.69, 9.17) is 4.74 Å². The van der Waals surface area contributed by atoms with Gasteiger partial charge in [0.15, 0.2) is 0 Å². The molecule has 1 saturated carbocycles. The van der Waals surface area contributed by atoms with Gasteiger partial charge in [-0.05, 0) is 47.9 Å². The first-order chi connectivity index (χ1) is 11.6. The fourth-order valence-electron chi connectivity index (χ4n) is 3.04. The fourth-order valence-corrected chi connectivity index (χ4v) is 5.45. The lowest BCUT2D eigenvalue weighted by atomic mass is 10.1. The summed E-state index contributed by atoms with van der Waals surface area (Å²) < 4.78 is 32.8. The summed E-state index contributed by atoms with van der Waals surface area (Å²) in [4.78, 5) is 0.311. The molecule has 1 fully saturated rings. The zero-order valence-electron chi connectivity index (χ0n) is 13.8. The number of ether oxygens (including phenoxy) is 1. The van der Waals surface area contributed by atoms with Gasteiger partial charge in [-0.1, -0.05) is 25.0 Å². The van der Waals surface area contributed by atoms with Gasteiger partial charge in [0.1, 0.15) is 5.75 Å². The van der Waals surface area contributed by atoms with Crippen LogP contribution in [0.3, 0.4) is 0 Å². The molecule has 1 aliphatic carbocycles. The van der Waals surface area contributed by atoms with E-state index < -0.39 is 10.0 Å². The molecule has 6 heteroatoms. The van der Waals surface area contributed by atoms with Crippen LogP contribution in [0.15, 0.2) is 41.3 Å². The Hall–Kier alpha value is -1.24. The molecule has 0 radical (unpaired) electrons. The number of thioether (sulfide) groups is 1. The molecule has 130 valence electrons. The Labute approximate surface area is 148 Å². The minimum absolute atomic E-state index is 0.311. The monoisotopic (exact) mass is 365 g/mol. The summed E-state index contributed by atoms with van der Waals surface area (Å²) in [5.41, 5.74) is 0. The Bertz CT molecular complexity index is 799. The number of nitrogens with one attached hydrogen (secondary N) is 1. The molecule has 2 aromatic carbocycles. The van der Waals surface area contributed by atoms with Crippen molar-refractivity contribution in [2.24, 2.45) is 0 Å². The molecule has 0 atom stereocenters. The molecule has 0 unspecified atom stereocenters. The third-order valence-corrected chi connectivity index (χ3v) is 7.22. The molecule has 0 aliphatic heterocycles. The van der Waals surface area contributed by atoms with Crippen LogP contribution in [0.1, 0.15) is 25.7 Å². The van der Waals surface area contributed by atoms with Crippen LogP contribution in [-0.2, 0) is 10.0 Å². The second kappa shape index (κ2) is 7.76. The Morgan fingerprint density at radius 3 is 2.58 bits per heavy atom. The van der Waals surface area contributed by atoms with Crippen LogP contribution in [0.5, 0.6) is 5.75 Å². The van der Waals surface area contributed by atoms with E-state index in [-0.39, 0.29) is 0 Å². The summed E-state index contributed by atoms with van der Waals surface area (Å²) in [6, 6.07) is 10.8. The van der Waals surface area contributed by atoms with Crippen molar-refractivity contribution in [2.75, 3.05) is 19.4 Å². The second-order valence-electron chi connectivity index (χ2n) is 6.05. The molecule has 3 rings (SSSR count). The lowest BCUT2D eigenvalue weighted by molar-refractivity contribution is 0.415. The van der Waals surface area contributed by atoms with Crippen LogP contribution in [0.25, 0.3) is 10.8 Å². The first kappa shape index (κ1) is 17.6. The van der Waals surface area contributed by atoms with Crippen LogP contribution >= 0.6 is 11.8 Å². The Balaban J connectivity index is 1.64. The molecule has 2 aromatic rings. The van der Waals surface area contributed by atoms with Gasteiger partial charge in [-0.25, -0.2) is 13.1 Å². The lowest BCUT2D eigenvalue weighted by Gasteiger charge is -2.10. The van der Waals surface area contributed by atoms with Gasteiger partial charge < -0.3 is 4.74 Å². The van der Waals surface area contributed by atoms with Crippen molar-refractivity contribution in [1.82, 2.24) is 4.72 Å². The molecule has 0 amide bonds. The molecule has 1 N–H and O–H groups in total. The molecule has 1 aliphatic rings. The standard InChI is InChI=1S/C18H23NO3S2/c1-22-16-8-6-15-13-18(9-7-14(15)12-16)24(20,21)19-10-11-23-17-4-2-3-5-17/h6-9,12-13,17,19H,2-5,10-11H2,1H3. The van der Waals surface area contributed by atoms with Gasteiger partial charge in [0.05, 0.1) is 12.0 Å². The van der Waals surface area contributed by atoms with E-state index in [0.29, 0.717) is 16.7 Å². The summed E-state index contributed by atoms with van der Waals surface area (Å²) >= 11 is 1.89. The average Bonchev–Trinajstić information content (AvgIpc) is 3.11. The predicted octanol–water partition coefficient (Wildman–Crippen LogP) is 3.80. The SMILES string of the molecule is COc1ccc2cc(S(=O)(=O)NCCSC3CCCC3)ccc2c1. The quantitative estimate of drug-likeness (QED) is 0.758. The highest BCUT2D eigenvalue weighted by Crippen LogP contribution is 2.29. The van der Waals surface area contributed by atoms with Crippen molar-refractivity contribution >= 4 is 32.6 Å². The summed E-state index contributed by atoms with van der Waals surface area (Å²) in [5.74, 6) is 1.59. The van der Waals surface area contributed by atoms with E-state index in [1.165, 1.54) is 25.7 Å². The summed E-state index contributed by atoms with van der Waals surface area (Å²) in [5, 5.41) is 2.56. The molecule has 0 spiro atoms. The Morgan fingerprint density at radius 1 is 1.12 bits per heavy atom. The van der Waals surface area contributed by atoms with E-state index >= 15 is 0 Å². The van der Waals surface area contributed by atoms with Gasteiger partial charge in [-0.15, -0.1) is 0 Å². The second-order valence-corrected chi connectivity index (χ2v) is 9.23. The number of benzene rings is 2. The van der Waals surface area contributed by atoms with Crippen LogP contribution in [0.4, 0.5) is 0 Å². The highest BCUT2D eigenvalue weighted by atomic mass is 32.2. The zero-order valence-corrected chi connectivity index (χ0v) is 15.5. The van der Waals surface area contributed by atoms with E-state index in [1.54, 1.807) is 19.2 Å². The number of fused-ring (bicyclic) bond motifs is 1. The predicted molar refractivity (Wildman–Crippen MR) is 100 cm³/mol. The van der Waals surface area contributed by atoms with Gasteiger partial charge in [-0.2, -0.15) is 11.8 Å². The van der Waals surface area contributed by atoms with Crippen LogP contribution in [0.2, 0.25) is 0 Å². The van der Waals surface area contributed by atoms with Crippen LogP contribution in [-0.4, -0.2) is 33.1 Å². The van der Waals surface area contributed by atoms with E-state index in [1.807, 2.05) is 36.0 Å². The van der Waals surface area contributed by atoms with Gasteiger partial charge in [0, 0.05) is 17.5 Å². The third kappa shape index (κ3) is 4.23. The minimum Gasteiger partial charge on any atom is -0.497 e. The van der Waals surface area contributed by atoms with Crippen molar-refractivity contribution in [3.8, 4) is 5.75 Å². The molecular formula is C18H23NO3S2. The molecule has 4 nitrogen and oxygen atoms in total. The molecule has 0 saturated heterocycles. The summed E-state index contributed by atoms with van der Waals surface area (Å²) in [6.45, 7) is 0.476. The summed E-state index contributed by atoms with van der Waals surface area (Å²) in [7, 11) is -1.84. The maximum atomic E-state index is 12.5. The van der Waals surface area contributed by atoms with Crippen LogP contribution < -0.4 is 9.46 Å². The zero-order chi connectivity index (χ0) is 17.0. The largest absolute Gasteiger partial charge is 0.497 e. The molecular weight excluding hydrogens is 342 g/mol. The topological polar surface area (TPSA) is 55.4 Å². The average molecular weight is 366 g/mol. The van der Waals surface area contributed by atoms with Gasteiger partial charge in [0.2, 0.25) is 10.0 Å². The number of hydrogen-bond donors (Lipinski definition) is 1.